The van der Waals surface area contributed by atoms with E-state index in [9.17, 15) is 14.9 Å². The molecule has 2 atom stereocenters. The number of hydrogen-bond donors (Lipinski definition) is 1. The SMILES string of the molecule is CCc1nc(-c2ccc(CN3CCC(CC#N)(n4cc(C(N)=O)c(CC(=O)OC)n4)C(F)C3)cc2)cs1. The number of nitrogens with two attached hydrogens (primary N) is 1. The fraction of sp³-hybridized carbons (Fsp3) is 0.423. The monoisotopic (exact) mass is 524 g/mol. The Balaban J connectivity index is 1.50. The van der Waals surface area contributed by atoms with Gasteiger partial charge in [-0.15, -0.1) is 11.3 Å². The number of carbonyl (C=O) groups excluding carboxylic acids is 2. The Kier molecular flexibility index (Phi) is 8.00. The van der Waals surface area contributed by atoms with Crippen LogP contribution in [0.15, 0.2) is 35.8 Å². The van der Waals surface area contributed by atoms with Gasteiger partial charge in [-0.1, -0.05) is 31.2 Å². The molecule has 0 saturated carbocycles. The maximum atomic E-state index is 15.9. The second-order valence-electron chi connectivity index (χ2n) is 9.12. The number of ether oxygens (including phenoxy) is 1. The van der Waals surface area contributed by atoms with Gasteiger partial charge in [0, 0.05) is 36.8 Å². The van der Waals surface area contributed by atoms with Crippen molar-refractivity contribution in [1.82, 2.24) is 19.7 Å². The molecule has 4 rings (SSSR count). The van der Waals surface area contributed by atoms with E-state index in [1.165, 1.54) is 18.0 Å². The maximum Gasteiger partial charge on any atom is 0.311 e. The molecule has 1 aromatic carbocycles. The number of nitrogens with zero attached hydrogens (tertiary/aromatic N) is 5. The normalized spacial score (nSPS) is 19.9. The van der Waals surface area contributed by atoms with Crippen molar-refractivity contribution < 1.29 is 18.7 Å². The van der Waals surface area contributed by atoms with Gasteiger partial charge in [-0.2, -0.15) is 10.4 Å². The first-order valence-corrected chi connectivity index (χ1v) is 12.9. The molecule has 1 fully saturated rings. The van der Waals surface area contributed by atoms with Gasteiger partial charge < -0.3 is 10.5 Å². The molecule has 0 radical (unpaired) electrons. The van der Waals surface area contributed by atoms with Crippen molar-refractivity contribution in [2.75, 3.05) is 20.2 Å². The molecular formula is C26H29FN6O3S. The lowest BCUT2D eigenvalue weighted by atomic mass is 9.83. The zero-order valence-corrected chi connectivity index (χ0v) is 21.6. The largest absolute Gasteiger partial charge is 0.469 e. The van der Waals surface area contributed by atoms with Gasteiger partial charge in [0.05, 0.1) is 48.0 Å². The fourth-order valence-electron chi connectivity index (χ4n) is 4.64. The number of halogens is 1. The van der Waals surface area contributed by atoms with E-state index in [2.05, 4.69) is 33.2 Å². The van der Waals surface area contributed by atoms with Gasteiger partial charge in [-0.05, 0) is 18.4 Å². The predicted molar refractivity (Wildman–Crippen MR) is 136 cm³/mol. The number of piperidine rings is 1. The topological polar surface area (TPSA) is 127 Å². The highest BCUT2D eigenvalue weighted by Gasteiger charge is 2.46. The van der Waals surface area contributed by atoms with Crippen molar-refractivity contribution >= 4 is 23.2 Å². The quantitative estimate of drug-likeness (QED) is 0.426. The van der Waals surface area contributed by atoms with Gasteiger partial charge in [0.2, 0.25) is 0 Å². The standard InChI is InChI=1S/C26H29FN6O3S/c1-3-23-30-21(16-37-23)18-6-4-17(5-7-18)13-32-11-9-26(8-10-28,22(27)15-32)33-14-19(25(29)35)20(31-33)12-24(34)36-2/h4-7,14,16,22H,3,8-9,11-13,15H2,1-2H3,(H2,29,35). The lowest BCUT2D eigenvalue weighted by Crippen LogP contribution is -2.54. The zero-order chi connectivity index (χ0) is 26.6. The molecule has 1 aliphatic heterocycles. The number of hydrogen-bond acceptors (Lipinski definition) is 8. The Bertz CT molecular complexity index is 1310. The summed E-state index contributed by atoms with van der Waals surface area (Å²) in [6.07, 6.45) is 0.710. The van der Waals surface area contributed by atoms with Crippen LogP contribution in [0, 0.1) is 11.3 Å². The molecule has 194 valence electrons. The van der Waals surface area contributed by atoms with Crippen molar-refractivity contribution in [3.05, 3.63) is 57.7 Å². The first kappa shape index (κ1) is 26.4. The molecule has 11 heteroatoms. The number of carbonyl (C=O) groups is 2. The minimum Gasteiger partial charge on any atom is -0.469 e. The van der Waals surface area contributed by atoms with Crippen molar-refractivity contribution in [2.45, 2.75) is 50.9 Å². The van der Waals surface area contributed by atoms with Crippen molar-refractivity contribution in [3.63, 3.8) is 0 Å². The number of thiazole rings is 1. The lowest BCUT2D eigenvalue weighted by molar-refractivity contribution is -0.139. The molecule has 3 aromatic rings. The van der Waals surface area contributed by atoms with E-state index in [1.54, 1.807) is 11.3 Å². The average molecular weight is 525 g/mol. The van der Waals surface area contributed by atoms with Crippen LogP contribution >= 0.6 is 11.3 Å². The number of amides is 1. The van der Waals surface area contributed by atoms with Crippen LogP contribution in [0.4, 0.5) is 4.39 Å². The van der Waals surface area contributed by atoms with E-state index in [1.807, 2.05) is 29.2 Å². The summed E-state index contributed by atoms with van der Waals surface area (Å²) in [6, 6.07) is 10.2. The van der Waals surface area contributed by atoms with E-state index in [4.69, 9.17) is 5.73 Å². The van der Waals surface area contributed by atoms with Crippen molar-refractivity contribution in [3.8, 4) is 17.3 Å². The average Bonchev–Trinajstić information content (AvgIpc) is 3.54. The number of likely N-dealkylation sites (tertiary alicyclic amines) is 1. The highest BCUT2D eigenvalue weighted by Crippen LogP contribution is 2.37. The fourth-order valence-corrected chi connectivity index (χ4v) is 5.40. The van der Waals surface area contributed by atoms with Gasteiger partial charge in [0.1, 0.15) is 11.7 Å². The smallest absolute Gasteiger partial charge is 0.311 e. The molecule has 1 saturated heterocycles. The summed E-state index contributed by atoms with van der Waals surface area (Å²) in [4.78, 5) is 30.4. The summed E-state index contributed by atoms with van der Waals surface area (Å²) in [5, 5.41) is 17.0. The summed E-state index contributed by atoms with van der Waals surface area (Å²) in [5.41, 5.74) is 7.38. The van der Waals surface area contributed by atoms with E-state index in [0.717, 1.165) is 28.2 Å². The van der Waals surface area contributed by atoms with Crippen LogP contribution in [0.2, 0.25) is 0 Å². The minimum absolute atomic E-state index is 0.0172. The summed E-state index contributed by atoms with van der Waals surface area (Å²) < 4.78 is 21.8. The number of methoxy groups -OCH3 is 1. The number of nitriles is 1. The highest BCUT2D eigenvalue weighted by molar-refractivity contribution is 7.09. The number of alkyl halides is 1. The maximum absolute atomic E-state index is 15.9. The molecule has 9 nitrogen and oxygen atoms in total. The third kappa shape index (κ3) is 5.55. The van der Waals surface area contributed by atoms with Crippen LogP contribution in [0.1, 0.15) is 46.4 Å². The van der Waals surface area contributed by atoms with Crippen LogP contribution in [0.3, 0.4) is 0 Å². The van der Waals surface area contributed by atoms with Gasteiger partial charge in [-0.25, -0.2) is 9.37 Å². The molecule has 2 aromatic heterocycles. The number of rotatable bonds is 9. The van der Waals surface area contributed by atoms with E-state index < -0.39 is 23.6 Å². The molecule has 0 aliphatic carbocycles. The number of esters is 1. The lowest BCUT2D eigenvalue weighted by Gasteiger charge is -2.43. The molecule has 2 unspecified atom stereocenters. The number of aryl methyl sites for hydroxylation is 1. The Hall–Kier alpha value is -3.62. The summed E-state index contributed by atoms with van der Waals surface area (Å²) in [7, 11) is 1.22. The predicted octanol–water partition coefficient (Wildman–Crippen LogP) is 3.24. The van der Waals surface area contributed by atoms with Crippen LogP contribution in [0.25, 0.3) is 11.3 Å². The Morgan fingerprint density at radius 1 is 1.35 bits per heavy atom. The zero-order valence-electron chi connectivity index (χ0n) is 20.8. The Morgan fingerprint density at radius 2 is 2.11 bits per heavy atom. The molecule has 1 aliphatic rings. The molecule has 3 heterocycles. The first-order valence-electron chi connectivity index (χ1n) is 12.0. The summed E-state index contributed by atoms with van der Waals surface area (Å²) in [6.45, 7) is 3.25. The molecule has 1 amide bonds. The van der Waals surface area contributed by atoms with E-state index >= 15 is 4.39 Å². The van der Waals surface area contributed by atoms with Crippen molar-refractivity contribution in [1.29, 1.82) is 5.26 Å². The van der Waals surface area contributed by atoms with Crippen LogP contribution in [-0.4, -0.2) is 57.9 Å². The second-order valence-corrected chi connectivity index (χ2v) is 10.1. The van der Waals surface area contributed by atoms with Gasteiger partial charge in [-0.3, -0.25) is 19.2 Å². The molecule has 2 N–H and O–H groups in total. The molecule has 37 heavy (non-hydrogen) atoms. The third-order valence-corrected chi connectivity index (χ3v) is 7.80. The molecular weight excluding hydrogens is 495 g/mol. The van der Waals surface area contributed by atoms with Crippen LogP contribution in [-0.2, 0) is 34.5 Å². The van der Waals surface area contributed by atoms with Crippen LogP contribution < -0.4 is 5.73 Å². The van der Waals surface area contributed by atoms with Crippen LogP contribution in [0.5, 0.6) is 0 Å². The van der Waals surface area contributed by atoms with E-state index in [-0.39, 0.29) is 30.6 Å². The first-order chi connectivity index (χ1) is 17.8. The van der Waals surface area contributed by atoms with Gasteiger partial charge in [0.15, 0.2) is 0 Å². The van der Waals surface area contributed by atoms with Crippen molar-refractivity contribution in [2.24, 2.45) is 5.73 Å². The van der Waals surface area contributed by atoms with Gasteiger partial charge in [0.25, 0.3) is 5.91 Å². The highest BCUT2D eigenvalue weighted by atomic mass is 32.1. The number of aromatic nitrogens is 3. The Morgan fingerprint density at radius 3 is 2.70 bits per heavy atom. The van der Waals surface area contributed by atoms with E-state index in [0.29, 0.717) is 19.5 Å². The number of benzene rings is 1. The van der Waals surface area contributed by atoms with Gasteiger partial charge >= 0.3 is 5.97 Å². The minimum atomic E-state index is -1.44. The summed E-state index contributed by atoms with van der Waals surface area (Å²) in [5.74, 6) is -1.38. The third-order valence-electron chi connectivity index (χ3n) is 6.81. The number of primary amides is 1. The second kappa shape index (κ2) is 11.2. The summed E-state index contributed by atoms with van der Waals surface area (Å²) >= 11 is 1.65. The Labute approximate surface area is 218 Å². The molecule has 0 spiro atoms. The molecule has 0 bridgehead atoms.